The molecule has 0 atom stereocenters. The topological polar surface area (TPSA) is 0 Å². The Morgan fingerprint density at radius 2 is 0.667 bits per heavy atom. The Kier molecular flexibility index (Phi) is 4.76. The Morgan fingerprint density at radius 3 is 0.833 bits per heavy atom. The van der Waals surface area contributed by atoms with Gasteiger partial charge in [-0.15, -0.1) is 0 Å². The van der Waals surface area contributed by atoms with Crippen LogP contribution in [0.3, 0.4) is 0 Å². The van der Waals surface area contributed by atoms with Gasteiger partial charge in [0, 0.05) is 0 Å². The molecule has 18 heavy (non-hydrogen) atoms. The molecule has 0 nitrogen and oxygen atoms in total. The van der Waals surface area contributed by atoms with Gasteiger partial charge in [0.05, 0.1) is 0 Å². The van der Waals surface area contributed by atoms with Crippen molar-refractivity contribution >= 4 is 0 Å². The van der Waals surface area contributed by atoms with Crippen LogP contribution in [0.2, 0.25) is 0 Å². The summed E-state index contributed by atoms with van der Waals surface area (Å²) in [4.78, 5) is 0. The van der Waals surface area contributed by atoms with E-state index in [9.17, 15) is 26.3 Å². The normalized spacial score (nSPS) is 9.67. The van der Waals surface area contributed by atoms with Crippen molar-refractivity contribution < 1.29 is 26.3 Å². The highest BCUT2D eigenvalue weighted by atomic mass is 19.2. The molecule has 0 aromatic heterocycles. The van der Waals surface area contributed by atoms with Gasteiger partial charge < -0.3 is 0 Å². The van der Waals surface area contributed by atoms with Gasteiger partial charge >= 0.3 is 0 Å². The van der Waals surface area contributed by atoms with E-state index in [0.717, 1.165) is 36.4 Å². The predicted octanol–water partition coefficient (Wildman–Crippen LogP) is 4.21. The lowest BCUT2D eigenvalue weighted by molar-refractivity contribution is 0.447. The Labute approximate surface area is 98.5 Å². The van der Waals surface area contributed by atoms with E-state index in [1.165, 1.54) is 0 Å². The van der Waals surface area contributed by atoms with Crippen LogP contribution < -0.4 is 0 Å². The van der Waals surface area contributed by atoms with E-state index in [0.29, 0.717) is 0 Å². The van der Waals surface area contributed by atoms with E-state index >= 15 is 0 Å². The minimum atomic E-state index is -1.42. The lowest BCUT2D eigenvalue weighted by Crippen LogP contribution is -1.86. The maximum atomic E-state index is 12.0. The summed E-state index contributed by atoms with van der Waals surface area (Å²) in [6.45, 7) is 0. The summed E-state index contributed by atoms with van der Waals surface area (Å²) >= 11 is 0. The Bertz CT molecular complexity index is 448. The highest BCUT2D eigenvalue weighted by Gasteiger charge is 2.05. The van der Waals surface area contributed by atoms with Gasteiger partial charge in [-0.05, 0) is 24.3 Å². The third kappa shape index (κ3) is 3.51. The molecule has 0 spiro atoms. The number of rotatable bonds is 0. The van der Waals surface area contributed by atoms with Crippen molar-refractivity contribution in [3.05, 3.63) is 71.3 Å². The second kappa shape index (κ2) is 6.09. The summed E-state index contributed by atoms with van der Waals surface area (Å²) in [5.74, 6) is -7.47. The molecule has 96 valence electrons. The minimum Gasteiger partial charge on any atom is -0.204 e. The van der Waals surface area contributed by atoms with Crippen molar-refractivity contribution in [2.45, 2.75) is 0 Å². The molecular weight excluding hydrogens is 258 g/mol. The molecule has 0 radical (unpaired) electrons. The largest absolute Gasteiger partial charge is 0.204 e. The molecule has 0 amide bonds. The number of hydrogen-bond donors (Lipinski definition) is 0. The fraction of sp³-hybridized carbons (Fsp3) is 0. The van der Waals surface area contributed by atoms with Crippen LogP contribution in [0.4, 0.5) is 26.3 Å². The smallest absolute Gasteiger partial charge is 0.194 e. The highest BCUT2D eigenvalue weighted by Crippen LogP contribution is 2.08. The van der Waals surface area contributed by atoms with Crippen LogP contribution in [0.25, 0.3) is 0 Å². The summed E-state index contributed by atoms with van der Waals surface area (Å²) < 4.78 is 71.8. The van der Waals surface area contributed by atoms with Crippen LogP contribution >= 0.6 is 0 Å². The van der Waals surface area contributed by atoms with Crippen molar-refractivity contribution in [2.24, 2.45) is 0 Å². The second-order valence-electron chi connectivity index (χ2n) is 3.07. The van der Waals surface area contributed by atoms with E-state index < -0.39 is 34.9 Å². The molecule has 2 aromatic carbocycles. The summed E-state index contributed by atoms with van der Waals surface area (Å²) in [5, 5.41) is 0. The summed E-state index contributed by atoms with van der Waals surface area (Å²) in [6, 6.07) is 5.65. The molecule has 0 unspecified atom stereocenters. The zero-order valence-electron chi connectivity index (χ0n) is 8.73. The SMILES string of the molecule is Fc1cccc(F)c1F.Fc1cccc(F)c1F. The monoisotopic (exact) mass is 264 g/mol. The molecule has 0 N–H and O–H groups in total. The van der Waals surface area contributed by atoms with Crippen LogP contribution in [0.1, 0.15) is 0 Å². The van der Waals surface area contributed by atoms with Crippen LogP contribution in [0.5, 0.6) is 0 Å². The summed E-state index contributed by atoms with van der Waals surface area (Å²) in [7, 11) is 0. The zero-order valence-corrected chi connectivity index (χ0v) is 8.73. The Balaban J connectivity index is 0.000000180. The minimum absolute atomic E-state index is 0.860. The third-order valence-electron chi connectivity index (χ3n) is 1.81. The fourth-order valence-electron chi connectivity index (χ4n) is 0.955. The average Bonchev–Trinajstić information content (AvgIpc) is 2.34. The summed E-state index contributed by atoms with van der Waals surface area (Å²) in [5.41, 5.74) is 0. The summed E-state index contributed by atoms with van der Waals surface area (Å²) in [6.07, 6.45) is 0. The molecule has 0 aliphatic rings. The molecule has 0 saturated carbocycles. The molecule has 2 aromatic rings. The van der Waals surface area contributed by atoms with Gasteiger partial charge in [-0.2, -0.15) is 0 Å². The first-order valence-corrected chi connectivity index (χ1v) is 4.62. The zero-order chi connectivity index (χ0) is 13.7. The maximum Gasteiger partial charge on any atom is 0.194 e. The molecular formula is C12H6F6. The standard InChI is InChI=1S/2C6H3F3/c2*7-4-2-1-3-5(8)6(4)9/h2*1-3H. The number of halogens is 6. The fourth-order valence-corrected chi connectivity index (χ4v) is 0.955. The first kappa shape index (κ1) is 14.1. The molecule has 0 heterocycles. The van der Waals surface area contributed by atoms with Gasteiger partial charge in [-0.1, -0.05) is 12.1 Å². The second-order valence-corrected chi connectivity index (χ2v) is 3.07. The molecule has 0 aliphatic carbocycles. The molecule has 0 bridgehead atoms. The lowest BCUT2D eigenvalue weighted by atomic mass is 10.3. The molecule has 0 fully saturated rings. The number of benzene rings is 2. The molecule has 0 aliphatic heterocycles. The van der Waals surface area contributed by atoms with Gasteiger partial charge in [0.15, 0.2) is 34.9 Å². The molecule has 0 saturated heterocycles. The van der Waals surface area contributed by atoms with E-state index in [4.69, 9.17) is 0 Å². The van der Waals surface area contributed by atoms with E-state index in [-0.39, 0.29) is 0 Å². The van der Waals surface area contributed by atoms with Gasteiger partial charge in [-0.25, -0.2) is 26.3 Å². The van der Waals surface area contributed by atoms with Crippen LogP contribution in [-0.4, -0.2) is 0 Å². The Morgan fingerprint density at radius 1 is 0.444 bits per heavy atom. The predicted molar refractivity (Wildman–Crippen MR) is 52.6 cm³/mol. The van der Waals surface area contributed by atoms with Crippen molar-refractivity contribution in [3.63, 3.8) is 0 Å². The quantitative estimate of drug-likeness (QED) is 0.494. The van der Waals surface area contributed by atoms with Crippen molar-refractivity contribution in [1.29, 1.82) is 0 Å². The Hall–Kier alpha value is -1.98. The third-order valence-corrected chi connectivity index (χ3v) is 1.81. The molecule has 2 rings (SSSR count). The van der Waals surface area contributed by atoms with Gasteiger partial charge in [-0.3, -0.25) is 0 Å². The maximum absolute atomic E-state index is 12.0. The van der Waals surface area contributed by atoms with E-state index in [1.807, 2.05) is 0 Å². The van der Waals surface area contributed by atoms with Crippen molar-refractivity contribution in [2.75, 3.05) is 0 Å². The van der Waals surface area contributed by atoms with Crippen LogP contribution in [0.15, 0.2) is 36.4 Å². The van der Waals surface area contributed by atoms with Crippen molar-refractivity contribution in [1.82, 2.24) is 0 Å². The first-order chi connectivity index (χ1) is 8.43. The van der Waals surface area contributed by atoms with E-state index in [2.05, 4.69) is 0 Å². The van der Waals surface area contributed by atoms with Crippen molar-refractivity contribution in [3.8, 4) is 0 Å². The van der Waals surface area contributed by atoms with Crippen LogP contribution in [0, 0.1) is 34.9 Å². The van der Waals surface area contributed by atoms with Gasteiger partial charge in [0.2, 0.25) is 0 Å². The lowest BCUT2D eigenvalue weighted by Gasteiger charge is -1.90. The number of hydrogen-bond acceptors (Lipinski definition) is 0. The van der Waals surface area contributed by atoms with Gasteiger partial charge in [0.1, 0.15) is 0 Å². The highest BCUT2D eigenvalue weighted by molar-refractivity contribution is 5.08. The van der Waals surface area contributed by atoms with Gasteiger partial charge in [0.25, 0.3) is 0 Å². The average molecular weight is 264 g/mol. The first-order valence-electron chi connectivity index (χ1n) is 4.62. The van der Waals surface area contributed by atoms with Crippen LogP contribution in [-0.2, 0) is 0 Å². The molecule has 6 heteroatoms. The van der Waals surface area contributed by atoms with E-state index in [1.54, 1.807) is 0 Å².